The van der Waals surface area contributed by atoms with Crippen molar-refractivity contribution in [3.8, 4) is 0 Å². The molecule has 1 aliphatic carbocycles. The molecule has 0 aromatic heterocycles. The van der Waals surface area contributed by atoms with E-state index < -0.39 is 0 Å². The number of hydrogen-bond donors (Lipinski definition) is 1. The fraction of sp³-hybridized carbons (Fsp3) is 0.143. The highest BCUT2D eigenvalue weighted by molar-refractivity contribution is 6.42. The molecule has 0 spiro atoms. The zero-order chi connectivity index (χ0) is 6.43. The Balaban J connectivity index is 0.000000500. The Bertz CT molecular complexity index is 267. The van der Waals surface area contributed by atoms with Gasteiger partial charge in [-0.05, 0) is 23.6 Å². The van der Waals surface area contributed by atoms with Crippen molar-refractivity contribution < 1.29 is 0 Å². The molecule has 54 valence electrons. The molecule has 10 heavy (non-hydrogen) atoms. The summed E-state index contributed by atoms with van der Waals surface area (Å²) in [6.07, 6.45) is 1.03. The van der Waals surface area contributed by atoms with E-state index in [1.54, 1.807) is 0 Å². The topological polar surface area (TPSA) is 35.0 Å². The van der Waals surface area contributed by atoms with E-state index in [2.05, 4.69) is 0 Å². The summed E-state index contributed by atoms with van der Waals surface area (Å²) in [6.45, 7) is 0. The van der Waals surface area contributed by atoms with Crippen LogP contribution in [0.1, 0.15) is 11.1 Å². The second kappa shape index (κ2) is 2.42. The van der Waals surface area contributed by atoms with Gasteiger partial charge in [0.25, 0.3) is 0 Å². The van der Waals surface area contributed by atoms with E-state index >= 15 is 0 Å². The van der Waals surface area contributed by atoms with Gasteiger partial charge in [-0.1, -0.05) is 29.3 Å². The maximum atomic E-state index is 5.80. The molecule has 0 amide bonds. The first-order valence-corrected chi connectivity index (χ1v) is 3.50. The number of halogens is 2. The summed E-state index contributed by atoms with van der Waals surface area (Å²) in [5.74, 6) is 0. The minimum atomic E-state index is 0. The van der Waals surface area contributed by atoms with E-state index in [4.69, 9.17) is 23.2 Å². The quantitative estimate of drug-likeness (QED) is 0.657. The van der Waals surface area contributed by atoms with Crippen LogP contribution in [-0.4, -0.2) is 0 Å². The third-order valence-corrected chi connectivity index (χ3v) is 2.38. The molecule has 1 aromatic carbocycles. The average Bonchev–Trinajstić information content (AvgIpc) is 2.58. The van der Waals surface area contributed by atoms with Crippen LogP contribution in [0.3, 0.4) is 0 Å². The van der Waals surface area contributed by atoms with Crippen molar-refractivity contribution >= 4 is 23.2 Å². The number of fused-ring (bicyclic) bond motifs is 1. The predicted octanol–water partition coefficient (Wildman–Crippen LogP) is 3.06. The molecule has 1 nitrogen and oxygen atoms in total. The van der Waals surface area contributed by atoms with Crippen molar-refractivity contribution in [3.05, 3.63) is 33.3 Å². The van der Waals surface area contributed by atoms with Crippen LogP contribution in [0, 0.1) is 0 Å². The van der Waals surface area contributed by atoms with Crippen molar-refractivity contribution in [1.82, 2.24) is 6.15 Å². The summed E-state index contributed by atoms with van der Waals surface area (Å²) in [5.41, 5.74) is 2.56. The Hall–Kier alpha value is -0.240. The highest BCUT2D eigenvalue weighted by atomic mass is 35.5. The molecule has 2 rings (SSSR count). The molecule has 0 saturated heterocycles. The highest BCUT2D eigenvalue weighted by Crippen LogP contribution is 2.38. The van der Waals surface area contributed by atoms with Gasteiger partial charge in [0.1, 0.15) is 0 Å². The lowest BCUT2D eigenvalue weighted by Crippen LogP contribution is -1.63. The van der Waals surface area contributed by atoms with Gasteiger partial charge in [-0.2, -0.15) is 0 Å². The number of benzene rings is 1. The van der Waals surface area contributed by atoms with Gasteiger partial charge in [0.15, 0.2) is 0 Å². The summed E-state index contributed by atoms with van der Waals surface area (Å²) in [6, 6.07) is 3.86. The largest absolute Gasteiger partial charge is 0.344 e. The van der Waals surface area contributed by atoms with Crippen molar-refractivity contribution in [2.75, 3.05) is 0 Å². The first kappa shape index (κ1) is 7.86. The molecule has 0 saturated carbocycles. The molecule has 0 atom stereocenters. The third kappa shape index (κ3) is 1.01. The van der Waals surface area contributed by atoms with Crippen LogP contribution in [0.4, 0.5) is 0 Å². The van der Waals surface area contributed by atoms with E-state index in [0.29, 0.717) is 5.02 Å². The summed E-state index contributed by atoms with van der Waals surface area (Å²) in [4.78, 5) is 0. The first-order valence-electron chi connectivity index (χ1n) is 2.75. The highest BCUT2D eigenvalue weighted by Gasteiger charge is 2.21. The first-order chi connectivity index (χ1) is 4.29. The van der Waals surface area contributed by atoms with Gasteiger partial charge in [0.2, 0.25) is 0 Å². The van der Waals surface area contributed by atoms with Gasteiger partial charge in [-0.15, -0.1) is 0 Å². The Labute approximate surface area is 69.5 Å². The molecule has 0 bridgehead atoms. The fourth-order valence-corrected chi connectivity index (χ4v) is 1.34. The molecule has 1 aliphatic rings. The van der Waals surface area contributed by atoms with Gasteiger partial charge in [0.05, 0.1) is 10.0 Å². The Morgan fingerprint density at radius 3 is 2.50 bits per heavy atom. The van der Waals surface area contributed by atoms with Crippen LogP contribution in [0.5, 0.6) is 0 Å². The van der Waals surface area contributed by atoms with Gasteiger partial charge >= 0.3 is 0 Å². The Kier molecular flexibility index (Phi) is 1.90. The van der Waals surface area contributed by atoms with Crippen LogP contribution in [-0.2, 0) is 6.42 Å². The lowest BCUT2D eigenvalue weighted by molar-refractivity contribution is 1.61. The lowest BCUT2D eigenvalue weighted by Gasteiger charge is -1.88. The molecule has 0 unspecified atom stereocenters. The lowest BCUT2D eigenvalue weighted by atomic mass is 10.4. The zero-order valence-corrected chi connectivity index (χ0v) is 6.84. The standard InChI is InChI=1S/C7H4Cl2.H3N/c8-6-2-1-4-3-5(4)7(6)9;/h1-2H,3H2;1H3. The Morgan fingerprint density at radius 2 is 1.90 bits per heavy atom. The SMILES string of the molecule is Clc1ccc2c(c1Cl)C2.N. The molecule has 3 heteroatoms. The minimum Gasteiger partial charge on any atom is -0.344 e. The van der Waals surface area contributed by atoms with Crippen molar-refractivity contribution in [3.63, 3.8) is 0 Å². The van der Waals surface area contributed by atoms with Gasteiger partial charge in [-0.3, -0.25) is 0 Å². The average molecular weight is 176 g/mol. The van der Waals surface area contributed by atoms with Crippen LogP contribution in [0.15, 0.2) is 12.1 Å². The van der Waals surface area contributed by atoms with Gasteiger partial charge < -0.3 is 6.15 Å². The molecule has 0 radical (unpaired) electrons. The van der Waals surface area contributed by atoms with Crippen LogP contribution < -0.4 is 6.15 Å². The van der Waals surface area contributed by atoms with E-state index in [1.165, 1.54) is 11.1 Å². The molecular weight excluding hydrogens is 169 g/mol. The molecule has 1 aromatic rings. The molecule has 0 fully saturated rings. The van der Waals surface area contributed by atoms with Crippen LogP contribution in [0.25, 0.3) is 0 Å². The summed E-state index contributed by atoms with van der Waals surface area (Å²) in [5, 5.41) is 1.42. The fourth-order valence-electron chi connectivity index (χ4n) is 0.915. The second-order valence-corrected chi connectivity index (χ2v) is 2.96. The van der Waals surface area contributed by atoms with E-state index in [1.807, 2.05) is 12.1 Å². The summed E-state index contributed by atoms with van der Waals surface area (Å²) >= 11 is 11.5. The van der Waals surface area contributed by atoms with Crippen LogP contribution >= 0.6 is 23.2 Å². The minimum absolute atomic E-state index is 0. The van der Waals surface area contributed by atoms with E-state index in [-0.39, 0.29) is 6.15 Å². The molecule has 3 N–H and O–H groups in total. The summed E-state index contributed by atoms with van der Waals surface area (Å²) in [7, 11) is 0. The zero-order valence-electron chi connectivity index (χ0n) is 5.32. The maximum Gasteiger partial charge on any atom is 0.0630 e. The van der Waals surface area contributed by atoms with Crippen molar-refractivity contribution in [2.45, 2.75) is 6.42 Å². The van der Waals surface area contributed by atoms with Crippen molar-refractivity contribution in [2.24, 2.45) is 0 Å². The molecular formula is C7H7Cl2N. The molecule has 0 heterocycles. The van der Waals surface area contributed by atoms with E-state index in [9.17, 15) is 0 Å². The van der Waals surface area contributed by atoms with Crippen molar-refractivity contribution in [1.29, 1.82) is 0 Å². The monoisotopic (exact) mass is 175 g/mol. The van der Waals surface area contributed by atoms with Gasteiger partial charge in [-0.25, -0.2) is 0 Å². The number of rotatable bonds is 0. The maximum absolute atomic E-state index is 5.80. The smallest absolute Gasteiger partial charge is 0.0630 e. The normalized spacial score (nSPS) is 11.8. The second-order valence-electron chi connectivity index (χ2n) is 2.18. The predicted molar refractivity (Wildman–Crippen MR) is 44.3 cm³/mol. The number of hydrogen-bond acceptors (Lipinski definition) is 1. The van der Waals surface area contributed by atoms with Crippen LogP contribution in [0.2, 0.25) is 10.0 Å². The van der Waals surface area contributed by atoms with Gasteiger partial charge in [0, 0.05) is 0 Å². The van der Waals surface area contributed by atoms with E-state index in [0.717, 1.165) is 11.4 Å². The third-order valence-electron chi connectivity index (χ3n) is 1.54. The summed E-state index contributed by atoms with van der Waals surface area (Å²) < 4.78 is 0. The molecule has 0 aliphatic heterocycles. The Morgan fingerprint density at radius 1 is 1.20 bits per heavy atom.